The van der Waals surface area contributed by atoms with Gasteiger partial charge in [0.05, 0.1) is 0 Å². The number of carbonyl (C=O) groups is 2. The highest BCUT2D eigenvalue weighted by atomic mass is 127. The van der Waals surface area contributed by atoms with E-state index >= 15 is 0 Å². The molecule has 2 fully saturated rings. The van der Waals surface area contributed by atoms with Crippen molar-refractivity contribution in [3.8, 4) is 0 Å². The molecule has 0 aromatic rings. The maximum atomic E-state index is 12.6. The lowest BCUT2D eigenvalue weighted by Crippen LogP contribution is -2.55. The fourth-order valence-corrected chi connectivity index (χ4v) is 3.84. The molecule has 2 bridgehead atoms. The fourth-order valence-electron chi connectivity index (χ4n) is 3.84. The maximum Gasteiger partial charge on any atom is 0.410 e. The van der Waals surface area contributed by atoms with E-state index in [0.29, 0.717) is 11.9 Å². The van der Waals surface area contributed by atoms with Gasteiger partial charge >= 0.3 is 6.09 Å². The number of aliphatic imine (C=N–C) groups is 1. The molecule has 2 saturated heterocycles. The highest BCUT2D eigenvalue weighted by Gasteiger charge is 2.45. The molecule has 0 saturated carbocycles. The number of piperidine rings is 1. The summed E-state index contributed by atoms with van der Waals surface area (Å²) in [6.07, 6.45) is 3.53. The minimum atomic E-state index is -0.481. The zero-order chi connectivity index (χ0) is 21.8. The van der Waals surface area contributed by atoms with Crippen molar-refractivity contribution in [2.75, 3.05) is 27.2 Å². The van der Waals surface area contributed by atoms with Crippen LogP contribution in [-0.2, 0) is 9.53 Å². The van der Waals surface area contributed by atoms with Gasteiger partial charge in [-0.2, -0.15) is 0 Å². The summed E-state index contributed by atoms with van der Waals surface area (Å²) in [6, 6.07) is 0.603. The Kier molecular flexibility index (Phi) is 10.2. The van der Waals surface area contributed by atoms with E-state index in [4.69, 9.17) is 4.74 Å². The zero-order valence-electron chi connectivity index (χ0n) is 19.5. The standard InChI is InChI=1S/C21H39N5O3.HI/c1-14(2)12-22-19(23-13-18(27)25(6)7)24-15-10-16-8-9-17(11-15)26(16)20(28)29-21(3,4)5;/h14-17H,8-13H2,1-7H3,(H2,22,23,24);1H. The minimum Gasteiger partial charge on any atom is -0.444 e. The molecule has 9 heteroatoms. The molecular weight excluding hydrogens is 497 g/mol. The summed E-state index contributed by atoms with van der Waals surface area (Å²) < 4.78 is 5.61. The molecule has 0 aromatic heterocycles. The van der Waals surface area contributed by atoms with E-state index in [2.05, 4.69) is 29.5 Å². The summed E-state index contributed by atoms with van der Waals surface area (Å²) in [4.78, 5) is 32.5. The Morgan fingerprint density at radius 2 is 1.73 bits per heavy atom. The fraction of sp³-hybridized carbons (Fsp3) is 0.857. The molecule has 2 aliphatic rings. The van der Waals surface area contributed by atoms with Crippen molar-refractivity contribution in [1.29, 1.82) is 0 Å². The van der Waals surface area contributed by atoms with E-state index < -0.39 is 5.60 Å². The van der Waals surface area contributed by atoms with Gasteiger partial charge in [-0.15, -0.1) is 24.0 Å². The molecular formula is C21H40IN5O3. The topological polar surface area (TPSA) is 86.3 Å². The Balaban J connectivity index is 0.00000450. The summed E-state index contributed by atoms with van der Waals surface area (Å²) >= 11 is 0. The third-order valence-corrected chi connectivity index (χ3v) is 5.23. The van der Waals surface area contributed by atoms with Crippen LogP contribution in [0.1, 0.15) is 60.3 Å². The van der Waals surface area contributed by atoms with Crippen molar-refractivity contribution in [3.63, 3.8) is 0 Å². The van der Waals surface area contributed by atoms with E-state index in [-0.39, 0.29) is 60.6 Å². The zero-order valence-corrected chi connectivity index (χ0v) is 21.9. The van der Waals surface area contributed by atoms with Crippen molar-refractivity contribution >= 4 is 41.9 Å². The van der Waals surface area contributed by atoms with Crippen LogP contribution in [0.3, 0.4) is 0 Å². The van der Waals surface area contributed by atoms with E-state index in [1.54, 1.807) is 19.0 Å². The first-order chi connectivity index (χ1) is 13.5. The van der Waals surface area contributed by atoms with Gasteiger partial charge in [0, 0.05) is 38.8 Å². The third-order valence-electron chi connectivity index (χ3n) is 5.23. The van der Waals surface area contributed by atoms with Crippen LogP contribution in [0.2, 0.25) is 0 Å². The normalized spacial score (nSPS) is 23.7. The number of hydrogen-bond donors (Lipinski definition) is 2. The number of fused-ring (bicyclic) bond motifs is 2. The smallest absolute Gasteiger partial charge is 0.410 e. The number of hydrogen-bond acceptors (Lipinski definition) is 4. The molecule has 2 rings (SSSR count). The summed E-state index contributed by atoms with van der Waals surface area (Å²) in [5.41, 5.74) is -0.481. The van der Waals surface area contributed by atoms with Crippen LogP contribution < -0.4 is 10.6 Å². The Bertz CT molecular complexity index is 604. The Hall–Kier alpha value is -1.26. The molecule has 30 heavy (non-hydrogen) atoms. The van der Waals surface area contributed by atoms with Crippen molar-refractivity contribution < 1.29 is 14.3 Å². The largest absolute Gasteiger partial charge is 0.444 e. The van der Waals surface area contributed by atoms with Crippen molar-refractivity contribution in [2.24, 2.45) is 10.9 Å². The van der Waals surface area contributed by atoms with Gasteiger partial charge in [-0.1, -0.05) is 13.8 Å². The molecule has 0 radical (unpaired) electrons. The minimum absolute atomic E-state index is 0. The highest BCUT2D eigenvalue weighted by molar-refractivity contribution is 14.0. The molecule has 0 aromatic carbocycles. The molecule has 8 nitrogen and oxygen atoms in total. The molecule has 0 aliphatic carbocycles. The molecule has 2 unspecified atom stereocenters. The molecule has 2 aliphatic heterocycles. The quantitative estimate of drug-likeness (QED) is 0.320. The van der Waals surface area contributed by atoms with Gasteiger partial charge in [-0.3, -0.25) is 4.79 Å². The van der Waals surface area contributed by atoms with Gasteiger partial charge in [-0.05, 0) is 52.4 Å². The second kappa shape index (κ2) is 11.4. The van der Waals surface area contributed by atoms with Gasteiger partial charge < -0.3 is 25.2 Å². The highest BCUT2D eigenvalue weighted by Crippen LogP contribution is 2.36. The van der Waals surface area contributed by atoms with E-state index in [1.807, 2.05) is 25.7 Å². The van der Waals surface area contributed by atoms with Crippen LogP contribution in [0.5, 0.6) is 0 Å². The van der Waals surface area contributed by atoms with Crippen molar-refractivity contribution in [2.45, 2.75) is 84.0 Å². The first-order valence-corrected chi connectivity index (χ1v) is 10.7. The second-order valence-corrected chi connectivity index (χ2v) is 9.81. The number of halogens is 1. The first-order valence-electron chi connectivity index (χ1n) is 10.7. The number of rotatable bonds is 5. The van der Waals surface area contributed by atoms with E-state index in [1.165, 1.54) is 0 Å². The van der Waals surface area contributed by atoms with Crippen LogP contribution in [0.25, 0.3) is 0 Å². The van der Waals surface area contributed by atoms with Crippen LogP contribution in [0.15, 0.2) is 4.99 Å². The van der Waals surface area contributed by atoms with Gasteiger partial charge in [0.15, 0.2) is 5.96 Å². The Morgan fingerprint density at radius 3 is 2.20 bits per heavy atom. The number of ether oxygens (including phenoxy) is 1. The average molecular weight is 537 g/mol. The number of nitrogens with one attached hydrogen (secondary N) is 2. The summed E-state index contributed by atoms with van der Waals surface area (Å²) in [5.74, 6) is 1.11. The molecule has 2 heterocycles. The number of guanidine groups is 1. The molecule has 174 valence electrons. The summed E-state index contributed by atoms with van der Waals surface area (Å²) in [6.45, 7) is 10.9. The van der Waals surface area contributed by atoms with E-state index in [9.17, 15) is 9.59 Å². The van der Waals surface area contributed by atoms with Gasteiger partial charge in [0.2, 0.25) is 5.91 Å². The van der Waals surface area contributed by atoms with Crippen molar-refractivity contribution in [1.82, 2.24) is 20.4 Å². The monoisotopic (exact) mass is 537 g/mol. The number of amides is 2. The average Bonchev–Trinajstić information content (AvgIpc) is 2.86. The Labute approximate surface area is 198 Å². The number of likely N-dealkylation sites (N-methyl/N-ethyl adjacent to an activating group) is 1. The maximum absolute atomic E-state index is 12.6. The van der Waals surface area contributed by atoms with Gasteiger partial charge in [0.1, 0.15) is 12.1 Å². The predicted octanol–water partition coefficient (Wildman–Crippen LogP) is 2.81. The molecule has 2 amide bonds. The SMILES string of the molecule is CC(C)CNC(=NCC(=O)N(C)C)NC1CC2CCC(C1)N2C(=O)OC(C)(C)C.I. The van der Waals surface area contributed by atoms with Crippen LogP contribution in [0, 0.1) is 5.92 Å². The Morgan fingerprint density at radius 1 is 1.17 bits per heavy atom. The molecule has 2 atom stereocenters. The van der Waals surface area contributed by atoms with Crippen LogP contribution in [0.4, 0.5) is 4.79 Å². The second-order valence-electron chi connectivity index (χ2n) is 9.81. The van der Waals surface area contributed by atoms with Crippen LogP contribution >= 0.6 is 24.0 Å². The number of nitrogens with zero attached hydrogens (tertiary/aromatic N) is 3. The predicted molar refractivity (Wildman–Crippen MR) is 130 cm³/mol. The van der Waals surface area contributed by atoms with E-state index in [0.717, 1.165) is 32.2 Å². The van der Waals surface area contributed by atoms with Gasteiger partial charge in [-0.25, -0.2) is 9.79 Å². The van der Waals surface area contributed by atoms with Crippen molar-refractivity contribution in [3.05, 3.63) is 0 Å². The lowest BCUT2D eigenvalue weighted by molar-refractivity contribution is -0.127. The van der Waals surface area contributed by atoms with Gasteiger partial charge in [0.25, 0.3) is 0 Å². The summed E-state index contributed by atoms with van der Waals surface area (Å²) in [7, 11) is 3.47. The lowest BCUT2D eigenvalue weighted by atomic mass is 9.98. The van der Waals surface area contributed by atoms with Crippen LogP contribution in [-0.4, -0.2) is 78.7 Å². The lowest BCUT2D eigenvalue weighted by Gasteiger charge is -2.40. The molecule has 0 spiro atoms. The molecule has 2 N–H and O–H groups in total. The third kappa shape index (κ3) is 8.11. The summed E-state index contributed by atoms with van der Waals surface area (Å²) in [5, 5.41) is 6.84. The number of carbonyl (C=O) groups excluding carboxylic acids is 2. The first kappa shape index (κ1) is 26.8.